The van der Waals surface area contributed by atoms with Crippen LogP contribution in [-0.4, -0.2) is 4.98 Å². The molecule has 1 N–H and O–H groups in total. The Labute approximate surface area is 129 Å². The molecular weight excluding hydrogens is 268 g/mol. The number of fused-ring (bicyclic) bond motifs is 2. The van der Waals surface area contributed by atoms with Gasteiger partial charge in [0.1, 0.15) is 5.82 Å². The first-order valence-corrected chi connectivity index (χ1v) is 7.40. The molecular formula is C20H16N2. The number of hydrogen-bond acceptors (Lipinski definition) is 2. The number of nitrogens with one attached hydrogen (secondary N) is 1. The SMILES string of the molecule is Cc1ccnc(Nc2ccc3cc4ccccc4cc3c2)c1. The van der Waals surface area contributed by atoms with E-state index >= 15 is 0 Å². The summed E-state index contributed by atoms with van der Waals surface area (Å²) in [6.45, 7) is 2.07. The molecule has 0 aliphatic carbocycles. The predicted octanol–water partition coefficient (Wildman–Crippen LogP) is 5.44. The van der Waals surface area contributed by atoms with Crippen LogP contribution >= 0.6 is 0 Å². The van der Waals surface area contributed by atoms with Crippen LogP contribution in [-0.2, 0) is 0 Å². The number of hydrogen-bond donors (Lipinski definition) is 1. The van der Waals surface area contributed by atoms with Gasteiger partial charge in [0, 0.05) is 11.9 Å². The minimum atomic E-state index is 0.875. The summed E-state index contributed by atoms with van der Waals surface area (Å²) in [6, 6.07) is 23.4. The second kappa shape index (κ2) is 5.15. The van der Waals surface area contributed by atoms with Crippen molar-refractivity contribution in [2.75, 3.05) is 5.32 Å². The molecule has 2 heteroatoms. The van der Waals surface area contributed by atoms with Crippen molar-refractivity contribution in [2.24, 2.45) is 0 Å². The highest BCUT2D eigenvalue weighted by Crippen LogP contribution is 2.26. The number of rotatable bonds is 2. The van der Waals surface area contributed by atoms with Gasteiger partial charge in [-0.2, -0.15) is 0 Å². The van der Waals surface area contributed by atoms with Crippen molar-refractivity contribution in [1.29, 1.82) is 0 Å². The summed E-state index contributed by atoms with van der Waals surface area (Å²) in [5.74, 6) is 0.875. The van der Waals surface area contributed by atoms with Crippen LogP contribution in [0.5, 0.6) is 0 Å². The van der Waals surface area contributed by atoms with Gasteiger partial charge in [0.2, 0.25) is 0 Å². The molecule has 2 nitrogen and oxygen atoms in total. The molecule has 1 aromatic heterocycles. The maximum absolute atomic E-state index is 4.35. The van der Waals surface area contributed by atoms with E-state index in [2.05, 4.69) is 71.8 Å². The van der Waals surface area contributed by atoms with Crippen LogP contribution in [0.1, 0.15) is 5.56 Å². The third-order valence-corrected chi connectivity index (χ3v) is 3.89. The highest BCUT2D eigenvalue weighted by Gasteiger charge is 2.01. The van der Waals surface area contributed by atoms with E-state index in [1.807, 2.05) is 18.3 Å². The molecule has 0 amide bonds. The maximum atomic E-state index is 4.35. The molecule has 0 radical (unpaired) electrons. The first kappa shape index (κ1) is 12.8. The summed E-state index contributed by atoms with van der Waals surface area (Å²) in [5.41, 5.74) is 2.25. The van der Waals surface area contributed by atoms with Crippen LogP contribution in [0.2, 0.25) is 0 Å². The van der Waals surface area contributed by atoms with Gasteiger partial charge in [-0.15, -0.1) is 0 Å². The van der Waals surface area contributed by atoms with Crippen LogP contribution < -0.4 is 5.32 Å². The Bertz CT molecular complexity index is 973. The van der Waals surface area contributed by atoms with Gasteiger partial charge in [0.25, 0.3) is 0 Å². The fourth-order valence-electron chi connectivity index (χ4n) is 2.77. The molecule has 0 fully saturated rings. The second-order valence-electron chi connectivity index (χ2n) is 5.60. The molecule has 4 aromatic rings. The monoisotopic (exact) mass is 284 g/mol. The van der Waals surface area contributed by atoms with Crippen molar-refractivity contribution in [3.05, 3.63) is 78.5 Å². The second-order valence-corrected chi connectivity index (χ2v) is 5.60. The van der Waals surface area contributed by atoms with Gasteiger partial charge in [-0.3, -0.25) is 0 Å². The van der Waals surface area contributed by atoms with Crippen LogP contribution in [0.25, 0.3) is 21.5 Å². The molecule has 0 atom stereocenters. The fraction of sp³-hybridized carbons (Fsp3) is 0.0500. The predicted molar refractivity (Wildman–Crippen MR) is 93.7 cm³/mol. The van der Waals surface area contributed by atoms with E-state index in [0.29, 0.717) is 0 Å². The number of anilines is 2. The smallest absolute Gasteiger partial charge is 0.130 e. The lowest BCUT2D eigenvalue weighted by atomic mass is 10.0. The Hall–Kier alpha value is -2.87. The van der Waals surface area contributed by atoms with E-state index in [0.717, 1.165) is 11.5 Å². The Morgan fingerprint density at radius 1 is 0.727 bits per heavy atom. The van der Waals surface area contributed by atoms with Gasteiger partial charge in [-0.1, -0.05) is 30.3 Å². The van der Waals surface area contributed by atoms with Crippen molar-refractivity contribution < 1.29 is 0 Å². The standard InChI is InChI=1S/C20H16N2/c1-14-8-9-21-20(10-14)22-19-7-6-17-11-15-4-2-3-5-16(15)12-18(17)13-19/h2-13H,1H3,(H,21,22). The third-order valence-electron chi connectivity index (χ3n) is 3.89. The van der Waals surface area contributed by atoms with E-state index < -0.39 is 0 Å². The van der Waals surface area contributed by atoms with Gasteiger partial charge in [0.05, 0.1) is 0 Å². The van der Waals surface area contributed by atoms with Gasteiger partial charge in [-0.25, -0.2) is 4.98 Å². The lowest BCUT2D eigenvalue weighted by Gasteiger charge is -2.08. The van der Waals surface area contributed by atoms with E-state index in [9.17, 15) is 0 Å². The van der Waals surface area contributed by atoms with Crippen LogP contribution in [0.3, 0.4) is 0 Å². The molecule has 0 unspecified atom stereocenters. The van der Waals surface area contributed by atoms with Gasteiger partial charge >= 0.3 is 0 Å². The van der Waals surface area contributed by atoms with Gasteiger partial charge in [0.15, 0.2) is 0 Å². The normalized spacial score (nSPS) is 11.0. The largest absolute Gasteiger partial charge is 0.340 e. The highest BCUT2D eigenvalue weighted by atomic mass is 15.0. The first-order chi connectivity index (χ1) is 10.8. The van der Waals surface area contributed by atoms with E-state index in [1.54, 1.807) is 0 Å². The first-order valence-electron chi connectivity index (χ1n) is 7.40. The molecule has 0 saturated carbocycles. The summed E-state index contributed by atoms with van der Waals surface area (Å²) in [5, 5.41) is 8.40. The third kappa shape index (κ3) is 2.40. The minimum Gasteiger partial charge on any atom is -0.340 e. The van der Waals surface area contributed by atoms with Crippen molar-refractivity contribution in [3.8, 4) is 0 Å². The molecule has 0 spiro atoms. The zero-order valence-corrected chi connectivity index (χ0v) is 12.4. The summed E-state index contributed by atoms with van der Waals surface area (Å²) >= 11 is 0. The summed E-state index contributed by atoms with van der Waals surface area (Å²) in [4.78, 5) is 4.35. The molecule has 0 aliphatic heterocycles. The van der Waals surface area contributed by atoms with Crippen molar-refractivity contribution in [3.63, 3.8) is 0 Å². The summed E-state index contributed by atoms with van der Waals surface area (Å²) in [7, 11) is 0. The molecule has 0 bridgehead atoms. The number of nitrogens with zero attached hydrogens (tertiary/aromatic N) is 1. The molecule has 0 saturated heterocycles. The van der Waals surface area contributed by atoms with E-state index in [4.69, 9.17) is 0 Å². The highest BCUT2D eigenvalue weighted by molar-refractivity contribution is 5.99. The molecule has 1 heterocycles. The van der Waals surface area contributed by atoms with Crippen molar-refractivity contribution >= 4 is 33.1 Å². The molecule has 4 rings (SSSR count). The van der Waals surface area contributed by atoms with Gasteiger partial charge in [-0.05, 0) is 70.4 Å². The molecule has 0 aliphatic rings. The quantitative estimate of drug-likeness (QED) is 0.496. The summed E-state index contributed by atoms with van der Waals surface area (Å²) < 4.78 is 0. The van der Waals surface area contributed by atoms with Gasteiger partial charge < -0.3 is 5.32 Å². The lowest BCUT2D eigenvalue weighted by molar-refractivity contribution is 1.27. The van der Waals surface area contributed by atoms with E-state index in [-0.39, 0.29) is 0 Å². The number of pyridine rings is 1. The molecule has 106 valence electrons. The average Bonchev–Trinajstić information content (AvgIpc) is 2.53. The molecule has 3 aromatic carbocycles. The van der Waals surface area contributed by atoms with Crippen LogP contribution in [0, 0.1) is 6.92 Å². The van der Waals surface area contributed by atoms with Crippen molar-refractivity contribution in [1.82, 2.24) is 4.98 Å². The zero-order valence-electron chi connectivity index (χ0n) is 12.4. The average molecular weight is 284 g/mol. The fourth-order valence-corrected chi connectivity index (χ4v) is 2.77. The molecule has 22 heavy (non-hydrogen) atoms. The van der Waals surface area contributed by atoms with Crippen LogP contribution in [0.15, 0.2) is 72.9 Å². The van der Waals surface area contributed by atoms with E-state index in [1.165, 1.54) is 27.1 Å². The Morgan fingerprint density at radius 3 is 2.23 bits per heavy atom. The lowest BCUT2D eigenvalue weighted by Crippen LogP contribution is -1.93. The number of aryl methyl sites for hydroxylation is 1. The summed E-state index contributed by atoms with van der Waals surface area (Å²) in [6.07, 6.45) is 1.83. The Kier molecular flexibility index (Phi) is 3.01. The number of aromatic nitrogens is 1. The number of benzene rings is 3. The van der Waals surface area contributed by atoms with Crippen molar-refractivity contribution in [2.45, 2.75) is 6.92 Å². The Balaban J connectivity index is 1.78. The Morgan fingerprint density at radius 2 is 1.45 bits per heavy atom. The topological polar surface area (TPSA) is 24.9 Å². The van der Waals surface area contributed by atoms with Crippen LogP contribution in [0.4, 0.5) is 11.5 Å². The minimum absolute atomic E-state index is 0.875. The zero-order chi connectivity index (χ0) is 14.9. The maximum Gasteiger partial charge on any atom is 0.130 e.